The summed E-state index contributed by atoms with van der Waals surface area (Å²) in [6.07, 6.45) is 7.45. The van der Waals surface area contributed by atoms with Crippen molar-refractivity contribution in [1.29, 1.82) is 0 Å². The molecule has 2 aromatic heterocycles. The number of anilines is 2. The lowest BCUT2D eigenvalue weighted by atomic mass is 9.80. The van der Waals surface area contributed by atoms with Crippen molar-refractivity contribution in [2.45, 2.75) is 37.6 Å². The molecular formula is C24H26N6O. The topological polar surface area (TPSA) is 117 Å². The molecule has 4 aromatic rings. The number of aromatic nitrogens is 3. The summed E-state index contributed by atoms with van der Waals surface area (Å²) >= 11 is 0. The summed E-state index contributed by atoms with van der Waals surface area (Å²) in [4.78, 5) is 4.34. The maximum atomic E-state index is 6.53. The first-order chi connectivity index (χ1) is 15.1. The van der Waals surface area contributed by atoms with E-state index < -0.39 is 0 Å². The van der Waals surface area contributed by atoms with Gasteiger partial charge in [0.05, 0.1) is 11.3 Å². The van der Waals surface area contributed by atoms with Crippen molar-refractivity contribution in [2.75, 3.05) is 11.5 Å². The highest BCUT2D eigenvalue weighted by atomic mass is 16.5. The van der Waals surface area contributed by atoms with Gasteiger partial charge in [0.1, 0.15) is 11.5 Å². The molecule has 0 saturated heterocycles. The van der Waals surface area contributed by atoms with Gasteiger partial charge in [0.15, 0.2) is 11.5 Å². The smallest absolute Gasteiger partial charge is 0.177 e. The van der Waals surface area contributed by atoms with E-state index in [0.29, 0.717) is 28.6 Å². The van der Waals surface area contributed by atoms with Crippen LogP contribution >= 0.6 is 0 Å². The molecule has 0 amide bonds. The number of rotatable bonds is 4. The quantitative estimate of drug-likeness (QED) is 0.457. The van der Waals surface area contributed by atoms with E-state index >= 15 is 0 Å². The Bertz CT molecular complexity index is 1210. The SMILES string of the molecule is Nc1nn2ccnc2c(N)c1-c1cccc(C2CCC(N)CC2)c1Oc1ccccc1. The number of para-hydroxylation sites is 2. The molecule has 0 atom stereocenters. The van der Waals surface area contributed by atoms with Crippen molar-refractivity contribution < 1.29 is 4.74 Å². The van der Waals surface area contributed by atoms with Crippen LogP contribution in [0.1, 0.15) is 37.2 Å². The normalized spacial score (nSPS) is 18.9. The van der Waals surface area contributed by atoms with Gasteiger partial charge in [-0.1, -0.05) is 36.4 Å². The highest BCUT2D eigenvalue weighted by molar-refractivity contribution is 5.93. The van der Waals surface area contributed by atoms with E-state index in [-0.39, 0.29) is 6.04 Å². The van der Waals surface area contributed by atoms with Crippen LogP contribution in [0, 0.1) is 0 Å². The number of hydrogen-bond donors (Lipinski definition) is 3. The van der Waals surface area contributed by atoms with Crippen LogP contribution < -0.4 is 21.9 Å². The van der Waals surface area contributed by atoms with Crippen molar-refractivity contribution in [3.05, 3.63) is 66.5 Å². The molecule has 1 saturated carbocycles. The first-order valence-corrected chi connectivity index (χ1v) is 10.6. The van der Waals surface area contributed by atoms with E-state index in [1.54, 1.807) is 16.9 Å². The second-order valence-electron chi connectivity index (χ2n) is 8.12. The molecular weight excluding hydrogens is 388 g/mol. The van der Waals surface area contributed by atoms with Crippen LogP contribution in [0.5, 0.6) is 11.5 Å². The molecule has 0 aliphatic heterocycles. The van der Waals surface area contributed by atoms with Crippen LogP contribution in [-0.2, 0) is 0 Å². The molecule has 7 nitrogen and oxygen atoms in total. The first kappa shape index (κ1) is 19.4. The third-order valence-electron chi connectivity index (χ3n) is 6.09. The highest BCUT2D eigenvalue weighted by Crippen LogP contribution is 2.46. The Morgan fingerprint density at radius 2 is 1.71 bits per heavy atom. The Kier molecular flexibility index (Phi) is 4.95. The van der Waals surface area contributed by atoms with Crippen LogP contribution in [0.15, 0.2) is 60.9 Å². The van der Waals surface area contributed by atoms with Gasteiger partial charge in [-0.3, -0.25) is 0 Å². The summed E-state index contributed by atoms with van der Waals surface area (Å²) in [6, 6.07) is 16.2. The van der Waals surface area contributed by atoms with Gasteiger partial charge in [0.2, 0.25) is 0 Å². The molecule has 158 valence electrons. The van der Waals surface area contributed by atoms with E-state index in [1.165, 1.54) is 0 Å². The molecule has 31 heavy (non-hydrogen) atoms. The molecule has 1 aliphatic rings. The molecule has 6 N–H and O–H groups in total. The van der Waals surface area contributed by atoms with Crippen LogP contribution in [0.25, 0.3) is 16.8 Å². The Morgan fingerprint density at radius 1 is 0.935 bits per heavy atom. The summed E-state index contributed by atoms with van der Waals surface area (Å²) in [7, 11) is 0. The Hall–Kier alpha value is -3.58. The van der Waals surface area contributed by atoms with Gasteiger partial charge in [0.25, 0.3) is 0 Å². The summed E-state index contributed by atoms with van der Waals surface area (Å²) in [5, 5.41) is 4.45. The van der Waals surface area contributed by atoms with E-state index in [9.17, 15) is 0 Å². The number of nitrogens with zero attached hydrogens (tertiary/aromatic N) is 3. The maximum absolute atomic E-state index is 6.53. The fourth-order valence-corrected chi connectivity index (χ4v) is 4.49. The molecule has 0 spiro atoms. The minimum atomic E-state index is 0.274. The molecule has 7 heteroatoms. The summed E-state index contributed by atoms with van der Waals surface area (Å²) in [5.74, 6) is 2.23. The summed E-state index contributed by atoms with van der Waals surface area (Å²) in [6.45, 7) is 0. The average Bonchev–Trinajstić information content (AvgIpc) is 3.25. The minimum absolute atomic E-state index is 0.274. The number of imidazole rings is 1. The molecule has 1 aliphatic carbocycles. The highest BCUT2D eigenvalue weighted by Gasteiger charge is 2.26. The second-order valence-corrected chi connectivity index (χ2v) is 8.12. The number of benzene rings is 2. The lowest BCUT2D eigenvalue weighted by Gasteiger charge is -2.28. The molecule has 0 bridgehead atoms. The number of ether oxygens (including phenoxy) is 1. The van der Waals surface area contributed by atoms with Crippen LogP contribution in [0.2, 0.25) is 0 Å². The van der Waals surface area contributed by atoms with E-state index in [2.05, 4.69) is 16.1 Å². The van der Waals surface area contributed by atoms with E-state index in [4.69, 9.17) is 21.9 Å². The van der Waals surface area contributed by atoms with Gasteiger partial charge >= 0.3 is 0 Å². The lowest BCUT2D eigenvalue weighted by molar-refractivity contribution is 0.384. The number of fused-ring (bicyclic) bond motifs is 1. The first-order valence-electron chi connectivity index (χ1n) is 10.6. The Morgan fingerprint density at radius 3 is 2.48 bits per heavy atom. The zero-order valence-electron chi connectivity index (χ0n) is 17.2. The van der Waals surface area contributed by atoms with Crippen molar-refractivity contribution in [3.63, 3.8) is 0 Å². The molecule has 2 heterocycles. The molecule has 2 aromatic carbocycles. The Balaban J connectivity index is 1.69. The van der Waals surface area contributed by atoms with Gasteiger partial charge in [-0.2, -0.15) is 0 Å². The Labute approximate surface area is 180 Å². The second kappa shape index (κ2) is 7.92. The van der Waals surface area contributed by atoms with Gasteiger partial charge < -0.3 is 21.9 Å². The van der Waals surface area contributed by atoms with Gasteiger partial charge in [-0.05, 0) is 49.3 Å². The van der Waals surface area contributed by atoms with E-state index in [1.807, 2.05) is 42.5 Å². The maximum Gasteiger partial charge on any atom is 0.177 e. The number of hydrogen-bond acceptors (Lipinski definition) is 6. The molecule has 0 radical (unpaired) electrons. The number of nitrogens with two attached hydrogens (primary N) is 3. The predicted molar refractivity (Wildman–Crippen MR) is 123 cm³/mol. The molecule has 5 rings (SSSR count). The van der Waals surface area contributed by atoms with Crippen LogP contribution in [0.3, 0.4) is 0 Å². The zero-order valence-corrected chi connectivity index (χ0v) is 17.2. The van der Waals surface area contributed by atoms with Crippen molar-refractivity contribution in [1.82, 2.24) is 14.6 Å². The molecule has 0 unspecified atom stereocenters. The van der Waals surface area contributed by atoms with Crippen molar-refractivity contribution in [2.24, 2.45) is 5.73 Å². The van der Waals surface area contributed by atoms with Crippen molar-refractivity contribution in [3.8, 4) is 22.6 Å². The van der Waals surface area contributed by atoms with Gasteiger partial charge in [-0.15, -0.1) is 5.10 Å². The standard InChI is InChI=1S/C24H26N6O/c25-16-11-9-15(10-12-16)18-7-4-8-19(22(18)31-17-5-2-1-3-6-17)20-21(26)24-28-13-14-30(24)29-23(20)27/h1-8,13-16H,9-12,25-26H2,(H2,27,29). The molecule has 1 fully saturated rings. The van der Waals surface area contributed by atoms with Gasteiger partial charge in [0, 0.05) is 24.0 Å². The predicted octanol–water partition coefficient (Wildman–Crippen LogP) is 4.34. The third-order valence-corrected chi connectivity index (χ3v) is 6.09. The summed E-state index contributed by atoms with van der Waals surface area (Å²) < 4.78 is 8.08. The van der Waals surface area contributed by atoms with Crippen LogP contribution in [0.4, 0.5) is 11.5 Å². The largest absolute Gasteiger partial charge is 0.456 e. The fourth-order valence-electron chi connectivity index (χ4n) is 4.49. The van der Waals surface area contributed by atoms with E-state index in [0.717, 1.165) is 48.3 Å². The van der Waals surface area contributed by atoms with Gasteiger partial charge in [-0.25, -0.2) is 9.50 Å². The average molecular weight is 415 g/mol. The fraction of sp³-hybridized carbons (Fsp3) is 0.250. The monoisotopic (exact) mass is 414 g/mol. The minimum Gasteiger partial charge on any atom is -0.456 e. The van der Waals surface area contributed by atoms with Crippen LogP contribution in [-0.4, -0.2) is 20.6 Å². The zero-order chi connectivity index (χ0) is 21.4. The number of nitrogen functional groups attached to an aromatic ring is 2. The lowest BCUT2D eigenvalue weighted by Crippen LogP contribution is -2.25. The third kappa shape index (κ3) is 3.57. The van der Waals surface area contributed by atoms with Crippen molar-refractivity contribution >= 4 is 17.2 Å². The summed E-state index contributed by atoms with van der Waals surface area (Å²) in [5.41, 5.74) is 22.7.